The number of hydrogen-bond donors (Lipinski definition) is 2. The highest BCUT2D eigenvalue weighted by Crippen LogP contribution is 2.15. The first-order chi connectivity index (χ1) is 9.97. The van der Waals surface area contributed by atoms with Gasteiger partial charge < -0.3 is 15.3 Å². The van der Waals surface area contributed by atoms with Gasteiger partial charge in [0.25, 0.3) is 5.91 Å². The maximum Gasteiger partial charge on any atom is 0.335 e. The number of carbonyl (C=O) groups is 2. The Morgan fingerprint density at radius 1 is 1.14 bits per heavy atom. The molecule has 2 aromatic rings. The van der Waals surface area contributed by atoms with E-state index in [0.717, 1.165) is 5.69 Å². The summed E-state index contributed by atoms with van der Waals surface area (Å²) in [6.07, 6.45) is 1.34. The van der Waals surface area contributed by atoms with Gasteiger partial charge in [-0.2, -0.15) is 0 Å². The van der Waals surface area contributed by atoms with Crippen LogP contribution in [0.1, 0.15) is 20.7 Å². The third-order valence-corrected chi connectivity index (χ3v) is 2.87. The van der Waals surface area contributed by atoms with Crippen LogP contribution in [0, 0.1) is 0 Å². The lowest BCUT2D eigenvalue weighted by atomic mass is 10.2. The number of nitrogens with one attached hydrogen (secondary N) is 1. The van der Waals surface area contributed by atoms with Crippen LogP contribution in [0.4, 0.5) is 11.5 Å². The Bertz CT molecular complexity index is 683. The normalized spacial score (nSPS) is 10.0. The van der Waals surface area contributed by atoms with Gasteiger partial charge >= 0.3 is 5.97 Å². The molecule has 108 valence electrons. The number of nitrogens with zero attached hydrogens (tertiary/aromatic N) is 2. The molecule has 0 aliphatic heterocycles. The molecule has 21 heavy (non-hydrogen) atoms. The second kappa shape index (κ2) is 6.04. The van der Waals surface area contributed by atoms with Crippen molar-refractivity contribution in [2.45, 2.75) is 0 Å². The molecule has 0 radical (unpaired) electrons. The summed E-state index contributed by atoms with van der Waals surface area (Å²) in [7, 11) is 3.77. The molecule has 0 saturated carbocycles. The zero-order valence-corrected chi connectivity index (χ0v) is 11.7. The molecule has 0 aliphatic rings. The number of anilines is 2. The van der Waals surface area contributed by atoms with Crippen molar-refractivity contribution in [3.8, 4) is 0 Å². The standard InChI is InChI=1S/C15H15N3O3/c1-18(2)12-5-3-4-10(8-12)14(19)17-13-9-11(15(20)21)6-7-16-13/h3-9H,1-2H3,(H,20,21)(H,16,17,19). The summed E-state index contributed by atoms with van der Waals surface area (Å²) in [6, 6.07) is 9.78. The average molecular weight is 285 g/mol. The number of pyridine rings is 1. The van der Waals surface area contributed by atoms with Crippen molar-refractivity contribution < 1.29 is 14.7 Å². The van der Waals surface area contributed by atoms with Crippen molar-refractivity contribution in [2.24, 2.45) is 0 Å². The molecule has 2 N–H and O–H groups in total. The van der Waals surface area contributed by atoms with Crippen LogP contribution in [0.2, 0.25) is 0 Å². The van der Waals surface area contributed by atoms with E-state index in [2.05, 4.69) is 10.3 Å². The lowest BCUT2D eigenvalue weighted by Crippen LogP contribution is -2.15. The summed E-state index contributed by atoms with van der Waals surface area (Å²) in [6.45, 7) is 0. The number of aromatic nitrogens is 1. The fourth-order valence-electron chi connectivity index (χ4n) is 1.75. The van der Waals surface area contributed by atoms with Gasteiger partial charge in [0, 0.05) is 31.5 Å². The van der Waals surface area contributed by atoms with Crippen LogP contribution in [0.3, 0.4) is 0 Å². The Hall–Kier alpha value is -2.89. The van der Waals surface area contributed by atoms with Crippen LogP contribution < -0.4 is 10.2 Å². The first kappa shape index (κ1) is 14.5. The molecule has 1 amide bonds. The van der Waals surface area contributed by atoms with Gasteiger partial charge in [-0.3, -0.25) is 4.79 Å². The first-order valence-corrected chi connectivity index (χ1v) is 6.25. The van der Waals surface area contributed by atoms with E-state index in [-0.39, 0.29) is 17.3 Å². The van der Waals surface area contributed by atoms with Gasteiger partial charge in [0.15, 0.2) is 0 Å². The fraction of sp³-hybridized carbons (Fsp3) is 0.133. The van der Waals surface area contributed by atoms with E-state index in [0.29, 0.717) is 5.56 Å². The Morgan fingerprint density at radius 2 is 1.90 bits per heavy atom. The lowest BCUT2D eigenvalue weighted by molar-refractivity contribution is 0.0696. The van der Waals surface area contributed by atoms with Gasteiger partial charge in [0.2, 0.25) is 0 Å². The molecule has 1 aromatic heterocycles. The molecule has 1 aromatic carbocycles. The van der Waals surface area contributed by atoms with Crippen LogP contribution >= 0.6 is 0 Å². The molecule has 6 heteroatoms. The molecule has 0 atom stereocenters. The van der Waals surface area contributed by atoms with E-state index in [9.17, 15) is 9.59 Å². The van der Waals surface area contributed by atoms with Crippen molar-refractivity contribution in [1.29, 1.82) is 0 Å². The third-order valence-electron chi connectivity index (χ3n) is 2.87. The average Bonchev–Trinajstić information content (AvgIpc) is 2.47. The molecule has 0 aliphatic carbocycles. The van der Waals surface area contributed by atoms with E-state index in [4.69, 9.17) is 5.11 Å². The van der Waals surface area contributed by atoms with Crippen LogP contribution in [-0.4, -0.2) is 36.1 Å². The second-order valence-electron chi connectivity index (χ2n) is 4.63. The Morgan fingerprint density at radius 3 is 2.57 bits per heavy atom. The number of carbonyl (C=O) groups excluding carboxylic acids is 1. The van der Waals surface area contributed by atoms with Crippen molar-refractivity contribution in [3.63, 3.8) is 0 Å². The van der Waals surface area contributed by atoms with Crippen LogP contribution in [0.25, 0.3) is 0 Å². The van der Waals surface area contributed by atoms with Crippen LogP contribution in [0.5, 0.6) is 0 Å². The summed E-state index contributed by atoms with van der Waals surface area (Å²) in [4.78, 5) is 28.9. The minimum absolute atomic E-state index is 0.0716. The fourth-order valence-corrected chi connectivity index (χ4v) is 1.75. The molecular weight excluding hydrogens is 270 g/mol. The maximum absolute atomic E-state index is 12.2. The number of aromatic carboxylic acids is 1. The predicted molar refractivity (Wildman–Crippen MR) is 79.9 cm³/mol. The van der Waals surface area contributed by atoms with Crippen LogP contribution in [-0.2, 0) is 0 Å². The monoisotopic (exact) mass is 285 g/mol. The lowest BCUT2D eigenvalue weighted by Gasteiger charge is -2.13. The zero-order chi connectivity index (χ0) is 15.4. The predicted octanol–water partition coefficient (Wildman–Crippen LogP) is 2.10. The topological polar surface area (TPSA) is 82.5 Å². The van der Waals surface area contributed by atoms with E-state index in [1.165, 1.54) is 18.3 Å². The molecule has 0 spiro atoms. The molecule has 2 rings (SSSR count). The molecule has 0 saturated heterocycles. The highest BCUT2D eigenvalue weighted by Gasteiger charge is 2.10. The minimum atomic E-state index is -1.07. The third kappa shape index (κ3) is 3.56. The molecular formula is C15H15N3O3. The van der Waals surface area contributed by atoms with Crippen molar-refractivity contribution in [2.75, 3.05) is 24.3 Å². The van der Waals surface area contributed by atoms with Gasteiger partial charge in [-0.15, -0.1) is 0 Å². The highest BCUT2D eigenvalue weighted by atomic mass is 16.4. The summed E-state index contributed by atoms with van der Waals surface area (Å²) in [5, 5.41) is 11.5. The number of carboxylic acids is 1. The number of carboxylic acid groups (broad SMARTS) is 1. The van der Waals surface area contributed by atoms with E-state index < -0.39 is 5.97 Å². The molecule has 0 unspecified atom stereocenters. The Labute approximate surface area is 122 Å². The largest absolute Gasteiger partial charge is 0.478 e. The number of amides is 1. The molecule has 6 nitrogen and oxygen atoms in total. The first-order valence-electron chi connectivity index (χ1n) is 6.25. The van der Waals surface area contributed by atoms with Crippen molar-refractivity contribution >= 4 is 23.4 Å². The van der Waals surface area contributed by atoms with E-state index in [1.807, 2.05) is 25.1 Å². The van der Waals surface area contributed by atoms with Gasteiger partial charge in [-0.1, -0.05) is 6.07 Å². The van der Waals surface area contributed by atoms with Crippen LogP contribution in [0.15, 0.2) is 42.6 Å². The highest BCUT2D eigenvalue weighted by molar-refractivity contribution is 6.04. The SMILES string of the molecule is CN(C)c1cccc(C(=O)Nc2cc(C(=O)O)ccn2)c1. The maximum atomic E-state index is 12.2. The molecule has 1 heterocycles. The number of rotatable bonds is 4. The number of benzene rings is 1. The Kier molecular flexibility index (Phi) is 4.18. The summed E-state index contributed by atoms with van der Waals surface area (Å²) < 4.78 is 0. The second-order valence-corrected chi connectivity index (χ2v) is 4.63. The quantitative estimate of drug-likeness (QED) is 0.899. The van der Waals surface area contributed by atoms with Crippen molar-refractivity contribution in [1.82, 2.24) is 4.98 Å². The zero-order valence-electron chi connectivity index (χ0n) is 11.7. The summed E-state index contributed by atoms with van der Waals surface area (Å²) >= 11 is 0. The van der Waals surface area contributed by atoms with Gasteiger partial charge in [-0.05, 0) is 30.3 Å². The van der Waals surface area contributed by atoms with E-state index >= 15 is 0 Å². The summed E-state index contributed by atoms with van der Waals surface area (Å²) in [5.41, 5.74) is 1.45. The summed E-state index contributed by atoms with van der Waals surface area (Å²) in [5.74, 6) is -1.20. The minimum Gasteiger partial charge on any atom is -0.478 e. The van der Waals surface area contributed by atoms with Gasteiger partial charge in [0.05, 0.1) is 5.56 Å². The van der Waals surface area contributed by atoms with Crippen molar-refractivity contribution in [3.05, 3.63) is 53.7 Å². The number of hydrogen-bond acceptors (Lipinski definition) is 4. The van der Waals surface area contributed by atoms with E-state index in [1.54, 1.807) is 18.2 Å². The smallest absolute Gasteiger partial charge is 0.335 e. The van der Waals surface area contributed by atoms with Gasteiger partial charge in [0.1, 0.15) is 5.82 Å². The Balaban J connectivity index is 2.20. The van der Waals surface area contributed by atoms with Gasteiger partial charge in [-0.25, -0.2) is 9.78 Å². The molecule has 0 fully saturated rings. The molecule has 0 bridgehead atoms.